The Morgan fingerprint density at radius 2 is 2.05 bits per heavy atom. The van der Waals surface area contributed by atoms with Crippen LogP contribution >= 0.6 is 0 Å². The molecule has 0 radical (unpaired) electrons. The molecule has 19 heavy (non-hydrogen) atoms. The van der Waals surface area contributed by atoms with Crippen molar-refractivity contribution in [2.45, 2.75) is 31.2 Å². The van der Waals surface area contributed by atoms with Gasteiger partial charge in [-0.25, -0.2) is 8.78 Å². The molecule has 6 heteroatoms. The zero-order chi connectivity index (χ0) is 13.4. The van der Waals surface area contributed by atoms with Gasteiger partial charge >= 0.3 is 0 Å². The molecule has 1 aliphatic heterocycles. The molecular formula is C13H13F2N3O. The van der Waals surface area contributed by atoms with Gasteiger partial charge in [0.1, 0.15) is 5.82 Å². The van der Waals surface area contributed by atoms with Crippen molar-refractivity contribution in [3.8, 4) is 5.75 Å². The van der Waals surface area contributed by atoms with Crippen LogP contribution in [0.15, 0.2) is 17.2 Å². The van der Waals surface area contributed by atoms with Gasteiger partial charge in [-0.3, -0.25) is 0 Å². The Morgan fingerprint density at radius 3 is 2.84 bits per heavy atom. The number of ether oxygens (including phenoxy) is 1. The number of hydrogen-bond donors (Lipinski definition) is 0. The fourth-order valence-electron chi connectivity index (χ4n) is 3.21. The van der Waals surface area contributed by atoms with Crippen LogP contribution in [0.3, 0.4) is 0 Å². The van der Waals surface area contributed by atoms with Crippen molar-refractivity contribution in [1.29, 1.82) is 0 Å². The second kappa shape index (κ2) is 4.70. The molecule has 1 aliphatic carbocycles. The summed E-state index contributed by atoms with van der Waals surface area (Å²) >= 11 is 0. The Bertz CT molecular complexity index is 557. The Hall–Kier alpha value is -1.81. The Labute approximate surface area is 109 Å². The summed E-state index contributed by atoms with van der Waals surface area (Å²) in [4.78, 5) is 2.82. The number of halogens is 2. The van der Waals surface area contributed by atoms with E-state index in [4.69, 9.17) is 10.3 Å². The monoisotopic (exact) mass is 265 g/mol. The average Bonchev–Trinajstić information content (AvgIpc) is 2.42. The molecule has 0 saturated heterocycles. The lowest BCUT2D eigenvalue weighted by molar-refractivity contribution is 0.139. The average molecular weight is 265 g/mol. The number of fused-ring (bicyclic) bond motifs is 3. The van der Waals surface area contributed by atoms with Gasteiger partial charge in [0.25, 0.3) is 0 Å². The van der Waals surface area contributed by atoms with Crippen LogP contribution < -0.4 is 4.74 Å². The van der Waals surface area contributed by atoms with E-state index in [2.05, 4.69) is 10.0 Å². The highest BCUT2D eigenvalue weighted by molar-refractivity contribution is 5.41. The third kappa shape index (κ3) is 2.02. The summed E-state index contributed by atoms with van der Waals surface area (Å²) in [7, 11) is 0. The maximum absolute atomic E-state index is 13.9. The smallest absolute Gasteiger partial charge is 0.165 e. The number of nitrogens with zero attached hydrogens (tertiary/aromatic N) is 3. The van der Waals surface area contributed by atoms with Crippen LogP contribution in [-0.2, 0) is 0 Å². The third-order valence-electron chi connectivity index (χ3n) is 4.08. The summed E-state index contributed by atoms with van der Waals surface area (Å²) in [5, 5.41) is 3.73. The number of benzene rings is 1. The van der Waals surface area contributed by atoms with E-state index in [0.717, 1.165) is 12.1 Å². The molecule has 0 aromatic heterocycles. The van der Waals surface area contributed by atoms with Crippen LogP contribution in [0.1, 0.15) is 30.7 Å². The molecule has 2 aliphatic rings. The van der Waals surface area contributed by atoms with Crippen LogP contribution in [-0.4, -0.2) is 12.6 Å². The van der Waals surface area contributed by atoms with Crippen molar-refractivity contribution in [2.24, 2.45) is 11.0 Å². The van der Waals surface area contributed by atoms with Gasteiger partial charge in [-0.2, -0.15) is 0 Å². The molecule has 3 atom stereocenters. The van der Waals surface area contributed by atoms with E-state index < -0.39 is 11.6 Å². The van der Waals surface area contributed by atoms with E-state index in [1.54, 1.807) is 0 Å². The summed E-state index contributed by atoms with van der Waals surface area (Å²) < 4.78 is 33.0. The lowest BCUT2D eigenvalue weighted by Crippen LogP contribution is -2.34. The number of azide groups is 1. The third-order valence-corrected chi connectivity index (χ3v) is 4.08. The van der Waals surface area contributed by atoms with Gasteiger partial charge in [-0.05, 0) is 42.8 Å². The van der Waals surface area contributed by atoms with Gasteiger partial charge in [0, 0.05) is 22.4 Å². The van der Waals surface area contributed by atoms with Gasteiger partial charge in [0.2, 0.25) is 0 Å². The minimum atomic E-state index is -0.507. The van der Waals surface area contributed by atoms with E-state index in [9.17, 15) is 8.78 Å². The maximum atomic E-state index is 13.9. The fourth-order valence-corrected chi connectivity index (χ4v) is 3.21. The molecule has 1 saturated carbocycles. The molecule has 1 fully saturated rings. The zero-order valence-corrected chi connectivity index (χ0v) is 10.2. The maximum Gasteiger partial charge on any atom is 0.165 e. The Kier molecular flexibility index (Phi) is 3.03. The highest BCUT2D eigenvalue weighted by Gasteiger charge is 2.39. The minimum absolute atomic E-state index is 0.0374. The van der Waals surface area contributed by atoms with E-state index in [-0.39, 0.29) is 23.6 Å². The first-order valence-corrected chi connectivity index (χ1v) is 6.35. The molecule has 1 unspecified atom stereocenters. The molecule has 3 rings (SSSR count). The second-order valence-corrected chi connectivity index (χ2v) is 5.12. The molecule has 0 amide bonds. The first-order valence-electron chi connectivity index (χ1n) is 6.35. The van der Waals surface area contributed by atoms with Crippen molar-refractivity contribution < 1.29 is 13.5 Å². The lowest BCUT2D eigenvalue weighted by Gasteiger charge is -2.39. The predicted octanol–water partition coefficient (Wildman–Crippen LogP) is 3.92. The van der Waals surface area contributed by atoms with Gasteiger partial charge in [-0.1, -0.05) is 5.11 Å². The number of rotatable bonds is 1. The van der Waals surface area contributed by atoms with Gasteiger partial charge in [0.15, 0.2) is 11.6 Å². The largest absolute Gasteiger partial charge is 0.490 e. The lowest BCUT2D eigenvalue weighted by atomic mass is 9.72. The van der Waals surface area contributed by atoms with Crippen molar-refractivity contribution in [3.05, 3.63) is 39.8 Å². The van der Waals surface area contributed by atoms with Crippen molar-refractivity contribution >= 4 is 0 Å². The first kappa shape index (κ1) is 12.2. The van der Waals surface area contributed by atoms with Crippen LogP contribution in [0.5, 0.6) is 5.75 Å². The molecular weight excluding hydrogens is 252 g/mol. The van der Waals surface area contributed by atoms with E-state index in [1.165, 1.54) is 0 Å². The molecule has 0 N–H and O–H groups in total. The van der Waals surface area contributed by atoms with Crippen molar-refractivity contribution in [3.63, 3.8) is 0 Å². The minimum Gasteiger partial charge on any atom is -0.490 e. The topological polar surface area (TPSA) is 58.0 Å². The van der Waals surface area contributed by atoms with Gasteiger partial charge < -0.3 is 4.74 Å². The standard InChI is InChI=1S/C13H13F2N3O/c14-10-3-4-11(15)13-12(10)9-2-1-8(17-18-16)5-7(9)6-19-13/h3-4,7-9H,1-2,5-6H2/t7-,8-,9?/m1/s1. The second-order valence-electron chi connectivity index (χ2n) is 5.12. The normalized spacial score (nSPS) is 28.6. The summed E-state index contributed by atoms with van der Waals surface area (Å²) in [5.74, 6) is -0.804. The van der Waals surface area contributed by atoms with Crippen LogP contribution in [0.25, 0.3) is 10.4 Å². The zero-order valence-electron chi connectivity index (χ0n) is 10.2. The molecule has 4 nitrogen and oxygen atoms in total. The Balaban J connectivity index is 1.94. The Morgan fingerprint density at radius 1 is 1.26 bits per heavy atom. The van der Waals surface area contributed by atoms with Crippen molar-refractivity contribution in [2.75, 3.05) is 6.61 Å². The quantitative estimate of drug-likeness (QED) is 0.431. The van der Waals surface area contributed by atoms with Crippen LogP contribution in [0.4, 0.5) is 8.78 Å². The summed E-state index contributed by atoms with van der Waals surface area (Å²) in [5.41, 5.74) is 8.83. The predicted molar refractivity (Wildman–Crippen MR) is 64.9 cm³/mol. The van der Waals surface area contributed by atoms with Crippen LogP contribution in [0.2, 0.25) is 0 Å². The molecule has 0 spiro atoms. The summed E-state index contributed by atoms with van der Waals surface area (Å²) in [6.45, 7) is 0.357. The first-order chi connectivity index (χ1) is 9.20. The molecule has 1 heterocycles. The SMILES string of the molecule is [N-]=[N+]=N[C@@H]1CCC2c3c(F)ccc(F)c3OC[C@H]2C1. The van der Waals surface area contributed by atoms with E-state index in [0.29, 0.717) is 31.4 Å². The summed E-state index contributed by atoms with van der Waals surface area (Å²) in [6.07, 6.45) is 2.08. The van der Waals surface area contributed by atoms with E-state index in [1.807, 2.05) is 0 Å². The molecule has 1 aromatic carbocycles. The number of hydrogen-bond acceptors (Lipinski definition) is 2. The van der Waals surface area contributed by atoms with Gasteiger partial charge in [0.05, 0.1) is 6.61 Å². The van der Waals surface area contributed by atoms with Gasteiger partial charge in [-0.15, -0.1) is 0 Å². The van der Waals surface area contributed by atoms with Crippen molar-refractivity contribution in [1.82, 2.24) is 0 Å². The highest BCUT2D eigenvalue weighted by Crippen LogP contribution is 2.47. The fraction of sp³-hybridized carbons (Fsp3) is 0.538. The molecule has 100 valence electrons. The molecule has 0 bridgehead atoms. The van der Waals surface area contributed by atoms with E-state index >= 15 is 0 Å². The summed E-state index contributed by atoms with van der Waals surface area (Å²) in [6, 6.07) is 2.19. The highest BCUT2D eigenvalue weighted by atomic mass is 19.1. The van der Waals surface area contributed by atoms with Crippen LogP contribution in [0, 0.1) is 17.6 Å². The molecule has 1 aromatic rings.